The Morgan fingerprint density at radius 1 is 1.44 bits per heavy atom. The minimum atomic E-state index is -0.851. The predicted molar refractivity (Wildman–Crippen MR) is 70.8 cm³/mol. The van der Waals surface area contributed by atoms with E-state index in [9.17, 15) is 9.59 Å². The van der Waals surface area contributed by atoms with Gasteiger partial charge in [-0.3, -0.25) is 9.59 Å². The summed E-state index contributed by atoms with van der Waals surface area (Å²) >= 11 is 9.16. The molecule has 1 amide bonds. The number of likely N-dealkylation sites (tertiary alicyclic amines) is 1. The number of nitrogens with zero attached hydrogens (tertiary/aromatic N) is 1. The number of benzene rings is 1. The Kier molecular flexibility index (Phi) is 3.92. The van der Waals surface area contributed by atoms with Gasteiger partial charge in [0.15, 0.2) is 0 Å². The number of carbonyl (C=O) groups excluding carboxylic acids is 1. The highest BCUT2D eigenvalue weighted by atomic mass is 79.9. The van der Waals surface area contributed by atoms with E-state index >= 15 is 0 Å². The summed E-state index contributed by atoms with van der Waals surface area (Å²) in [5, 5.41) is 9.40. The lowest BCUT2D eigenvalue weighted by Gasteiger charge is -2.16. The van der Waals surface area contributed by atoms with E-state index in [0.717, 1.165) is 0 Å². The molecule has 6 heteroatoms. The Balaban J connectivity index is 2.17. The third-order valence-electron chi connectivity index (χ3n) is 2.98. The molecule has 1 fully saturated rings. The lowest BCUT2D eigenvalue weighted by Crippen LogP contribution is -2.30. The summed E-state index contributed by atoms with van der Waals surface area (Å²) in [4.78, 5) is 24.6. The second-order valence-corrected chi connectivity index (χ2v) is 5.49. The van der Waals surface area contributed by atoms with Crippen molar-refractivity contribution in [2.24, 2.45) is 5.92 Å². The van der Waals surface area contributed by atoms with Gasteiger partial charge >= 0.3 is 5.97 Å². The third kappa shape index (κ3) is 2.67. The van der Waals surface area contributed by atoms with Crippen LogP contribution in [0.5, 0.6) is 0 Å². The molecular weight excluding hydrogens is 321 g/mol. The van der Waals surface area contributed by atoms with Crippen LogP contribution in [0.1, 0.15) is 16.8 Å². The second-order valence-electron chi connectivity index (χ2n) is 4.20. The molecule has 0 aliphatic carbocycles. The van der Waals surface area contributed by atoms with Crippen molar-refractivity contribution < 1.29 is 14.7 Å². The molecule has 0 unspecified atom stereocenters. The van der Waals surface area contributed by atoms with Gasteiger partial charge in [-0.2, -0.15) is 0 Å². The zero-order chi connectivity index (χ0) is 13.3. The van der Waals surface area contributed by atoms with Crippen LogP contribution in [0, 0.1) is 5.92 Å². The van der Waals surface area contributed by atoms with E-state index in [1.54, 1.807) is 23.1 Å². The van der Waals surface area contributed by atoms with Gasteiger partial charge in [0.2, 0.25) is 0 Å². The predicted octanol–water partition coefficient (Wildman–Crippen LogP) is 2.65. The number of halogens is 2. The van der Waals surface area contributed by atoms with Crippen LogP contribution in [-0.4, -0.2) is 35.0 Å². The smallest absolute Gasteiger partial charge is 0.308 e. The molecule has 96 valence electrons. The highest BCUT2D eigenvalue weighted by Gasteiger charge is 2.31. The van der Waals surface area contributed by atoms with Crippen LogP contribution in [0.3, 0.4) is 0 Å². The first-order chi connectivity index (χ1) is 8.49. The first-order valence-corrected chi connectivity index (χ1v) is 6.63. The SMILES string of the molecule is O=C(O)[C@H]1CCN(C(=O)c2cc(Cl)ccc2Br)C1. The summed E-state index contributed by atoms with van der Waals surface area (Å²) in [6.07, 6.45) is 0.499. The number of hydrogen-bond donors (Lipinski definition) is 1. The Labute approximate surface area is 118 Å². The van der Waals surface area contributed by atoms with Gasteiger partial charge in [-0.25, -0.2) is 0 Å². The molecule has 1 aliphatic heterocycles. The van der Waals surface area contributed by atoms with Crippen LogP contribution in [0.25, 0.3) is 0 Å². The lowest BCUT2D eigenvalue weighted by molar-refractivity contribution is -0.141. The highest BCUT2D eigenvalue weighted by molar-refractivity contribution is 9.10. The van der Waals surface area contributed by atoms with E-state index < -0.39 is 11.9 Å². The van der Waals surface area contributed by atoms with Crippen LogP contribution in [0.4, 0.5) is 0 Å². The number of carboxylic acids is 1. The number of rotatable bonds is 2. The zero-order valence-electron chi connectivity index (χ0n) is 9.40. The van der Waals surface area contributed by atoms with Gasteiger partial charge in [0.1, 0.15) is 0 Å². The largest absolute Gasteiger partial charge is 0.481 e. The van der Waals surface area contributed by atoms with Crippen LogP contribution >= 0.6 is 27.5 Å². The third-order valence-corrected chi connectivity index (χ3v) is 3.91. The monoisotopic (exact) mass is 331 g/mol. The molecule has 1 aromatic carbocycles. The topological polar surface area (TPSA) is 57.6 Å². The fourth-order valence-corrected chi connectivity index (χ4v) is 2.57. The average molecular weight is 333 g/mol. The maximum absolute atomic E-state index is 12.2. The molecule has 1 saturated heterocycles. The lowest BCUT2D eigenvalue weighted by atomic mass is 10.1. The van der Waals surface area contributed by atoms with Crippen LogP contribution in [0.2, 0.25) is 5.02 Å². The van der Waals surface area contributed by atoms with Crippen molar-refractivity contribution in [2.45, 2.75) is 6.42 Å². The number of carboxylic acid groups (broad SMARTS) is 1. The van der Waals surface area contributed by atoms with Crippen molar-refractivity contribution in [1.82, 2.24) is 4.90 Å². The Bertz CT molecular complexity index is 506. The van der Waals surface area contributed by atoms with Crippen molar-refractivity contribution in [3.8, 4) is 0 Å². The molecule has 1 aliphatic rings. The van der Waals surface area contributed by atoms with Crippen molar-refractivity contribution in [3.05, 3.63) is 33.3 Å². The molecule has 2 rings (SSSR count). The quantitative estimate of drug-likeness (QED) is 0.906. The van der Waals surface area contributed by atoms with Gasteiger partial charge in [0.05, 0.1) is 11.5 Å². The molecule has 0 radical (unpaired) electrons. The van der Waals surface area contributed by atoms with E-state index in [1.807, 2.05) is 0 Å². The number of amides is 1. The molecule has 0 saturated carbocycles. The Morgan fingerprint density at radius 3 is 2.78 bits per heavy atom. The van der Waals surface area contributed by atoms with Gasteiger partial charge in [0, 0.05) is 22.6 Å². The maximum atomic E-state index is 12.2. The highest BCUT2D eigenvalue weighted by Crippen LogP contribution is 2.25. The fraction of sp³-hybridized carbons (Fsp3) is 0.333. The number of carbonyl (C=O) groups is 2. The molecule has 1 N–H and O–H groups in total. The summed E-state index contributed by atoms with van der Waals surface area (Å²) in [5.74, 6) is -1.50. The van der Waals surface area contributed by atoms with Crippen LogP contribution in [0.15, 0.2) is 22.7 Å². The fourth-order valence-electron chi connectivity index (χ4n) is 1.98. The van der Waals surface area contributed by atoms with Gasteiger partial charge in [-0.1, -0.05) is 11.6 Å². The first kappa shape index (κ1) is 13.4. The standard InChI is InChI=1S/C12H11BrClNO3/c13-10-2-1-8(14)5-9(10)11(16)15-4-3-7(6-15)12(17)18/h1-2,5,7H,3-4,6H2,(H,17,18)/t7-/m0/s1. The summed E-state index contributed by atoms with van der Waals surface area (Å²) in [7, 11) is 0. The molecule has 1 heterocycles. The van der Waals surface area contributed by atoms with E-state index in [1.165, 1.54) is 0 Å². The first-order valence-electron chi connectivity index (χ1n) is 5.46. The minimum absolute atomic E-state index is 0.187. The summed E-state index contributed by atoms with van der Waals surface area (Å²) in [6, 6.07) is 4.98. The Hall–Kier alpha value is -1.07. The molecule has 0 bridgehead atoms. The molecule has 18 heavy (non-hydrogen) atoms. The van der Waals surface area contributed by atoms with Gasteiger partial charge < -0.3 is 10.0 Å². The van der Waals surface area contributed by atoms with Gasteiger partial charge in [-0.15, -0.1) is 0 Å². The molecular formula is C12H11BrClNO3. The molecule has 4 nitrogen and oxygen atoms in total. The van der Waals surface area contributed by atoms with Crippen molar-refractivity contribution in [2.75, 3.05) is 13.1 Å². The van der Waals surface area contributed by atoms with Crippen LogP contribution < -0.4 is 0 Å². The summed E-state index contributed by atoms with van der Waals surface area (Å²) < 4.78 is 0.663. The van der Waals surface area contributed by atoms with Gasteiger partial charge in [-0.05, 0) is 40.5 Å². The number of hydrogen-bond acceptors (Lipinski definition) is 2. The number of aliphatic carboxylic acids is 1. The average Bonchev–Trinajstić information content (AvgIpc) is 2.81. The van der Waals surface area contributed by atoms with Crippen molar-refractivity contribution in [1.29, 1.82) is 0 Å². The van der Waals surface area contributed by atoms with E-state index in [-0.39, 0.29) is 12.5 Å². The summed E-state index contributed by atoms with van der Waals surface area (Å²) in [5.41, 5.74) is 0.466. The molecule has 0 spiro atoms. The van der Waals surface area contributed by atoms with Crippen LogP contribution in [-0.2, 0) is 4.79 Å². The van der Waals surface area contributed by atoms with Crippen molar-refractivity contribution >= 4 is 39.4 Å². The Morgan fingerprint density at radius 2 is 2.17 bits per heavy atom. The molecule has 0 aromatic heterocycles. The molecule has 1 aromatic rings. The molecule has 1 atom stereocenters. The van der Waals surface area contributed by atoms with Gasteiger partial charge in [0.25, 0.3) is 5.91 Å². The summed E-state index contributed by atoms with van der Waals surface area (Å²) in [6.45, 7) is 0.724. The van der Waals surface area contributed by atoms with Crippen molar-refractivity contribution in [3.63, 3.8) is 0 Å². The zero-order valence-corrected chi connectivity index (χ0v) is 11.7. The van der Waals surface area contributed by atoms with E-state index in [0.29, 0.717) is 28.0 Å². The normalized spacial score (nSPS) is 19.0. The van der Waals surface area contributed by atoms with E-state index in [4.69, 9.17) is 16.7 Å². The maximum Gasteiger partial charge on any atom is 0.308 e. The second kappa shape index (κ2) is 5.28. The van der Waals surface area contributed by atoms with E-state index in [2.05, 4.69) is 15.9 Å². The minimum Gasteiger partial charge on any atom is -0.481 e.